The van der Waals surface area contributed by atoms with Crippen LogP contribution in [0.4, 0.5) is 5.69 Å². The van der Waals surface area contributed by atoms with Crippen LogP contribution in [0.25, 0.3) is 10.8 Å². The highest BCUT2D eigenvalue weighted by Gasteiger charge is 2.11. The molecule has 0 aliphatic heterocycles. The van der Waals surface area contributed by atoms with E-state index in [0.717, 1.165) is 0 Å². The standard InChI is InChI=1S/C18H15NO4/c1-2-22-16-10-6-5-9-15(16)19-11-14-12-7-3-4-8-13(12)17(20)23-18(14)21/h3-11,21H,2H2,1H3. The Labute approximate surface area is 132 Å². The molecule has 0 saturated heterocycles. The van der Waals surface area contributed by atoms with Gasteiger partial charge in [0, 0.05) is 11.6 Å². The summed E-state index contributed by atoms with van der Waals surface area (Å²) >= 11 is 0. The molecule has 23 heavy (non-hydrogen) atoms. The minimum Gasteiger partial charge on any atom is -0.492 e. The Balaban J connectivity index is 2.11. The van der Waals surface area contributed by atoms with Crippen LogP contribution in [-0.4, -0.2) is 17.9 Å². The lowest BCUT2D eigenvalue weighted by molar-refractivity contribution is 0.312. The number of rotatable bonds is 4. The van der Waals surface area contributed by atoms with E-state index in [9.17, 15) is 9.90 Å². The molecule has 1 aromatic heterocycles. The van der Waals surface area contributed by atoms with Gasteiger partial charge in [-0.15, -0.1) is 0 Å². The average Bonchev–Trinajstić information content (AvgIpc) is 2.56. The molecule has 0 aliphatic rings. The molecule has 1 heterocycles. The Morgan fingerprint density at radius 3 is 2.61 bits per heavy atom. The number of benzene rings is 2. The van der Waals surface area contributed by atoms with Gasteiger partial charge in [0.2, 0.25) is 0 Å². The number of nitrogens with zero attached hydrogens (tertiary/aromatic N) is 1. The van der Waals surface area contributed by atoms with Crippen molar-refractivity contribution in [3.63, 3.8) is 0 Å². The zero-order valence-corrected chi connectivity index (χ0v) is 12.5. The van der Waals surface area contributed by atoms with Crippen molar-refractivity contribution in [1.29, 1.82) is 0 Å². The number of fused-ring (bicyclic) bond motifs is 1. The van der Waals surface area contributed by atoms with Crippen molar-refractivity contribution in [3.05, 3.63) is 64.5 Å². The number of aliphatic imine (C=N–C) groups is 1. The van der Waals surface area contributed by atoms with Crippen LogP contribution in [0.15, 0.2) is 62.7 Å². The lowest BCUT2D eigenvalue weighted by Gasteiger charge is -2.06. The van der Waals surface area contributed by atoms with E-state index >= 15 is 0 Å². The van der Waals surface area contributed by atoms with Crippen LogP contribution in [0, 0.1) is 0 Å². The highest BCUT2D eigenvalue weighted by atomic mass is 16.5. The summed E-state index contributed by atoms with van der Waals surface area (Å²) in [6, 6.07) is 14.2. The first kappa shape index (κ1) is 14.8. The van der Waals surface area contributed by atoms with E-state index in [-0.39, 0.29) is 0 Å². The summed E-state index contributed by atoms with van der Waals surface area (Å²) < 4.78 is 10.4. The Kier molecular flexibility index (Phi) is 4.10. The fourth-order valence-electron chi connectivity index (χ4n) is 2.31. The van der Waals surface area contributed by atoms with E-state index in [1.54, 1.807) is 30.3 Å². The highest BCUT2D eigenvalue weighted by Crippen LogP contribution is 2.28. The summed E-state index contributed by atoms with van der Waals surface area (Å²) in [6.45, 7) is 2.42. The molecular weight excluding hydrogens is 294 g/mol. The highest BCUT2D eigenvalue weighted by molar-refractivity contribution is 6.01. The molecular formula is C18H15NO4. The van der Waals surface area contributed by atoms with Gasteiger partial charge in [0.05, 0.1) is 17.6 Å². The maximum Gasteiger partial charge on any atom is 0.346 e. The van der Waals surface area contributed by atoms with Gasteiger partial charge in [0.1, 0.15) is 11.4 Å². The van der Waals surface area contributed by atoms with Crippen molar-refractivity contribution in [2.75, 3.05) is 6.61 Å². The molecule has 0 atom stereocenters. The van der Waals surface area contributed by atoms with Gasteiger partial charge in [-0.3, -0.25) is 4.99 Å². The maximum absolute atomic E-state index is 11.8. The normalized spacial score (nSPS) is 11.2. The Bertz CT molecular complexity index is 928. The molecule has 3 aromatic rings. The van der Waals surface area contributed by atoms with E-state index in [4.69, 9.17) is 9.15 Å². The average molecular weight is 309 g/mol. The fraction of sp³-hybridized carbons (Fsp3) is 0.111. The number of hydrogen-bond donors (Lipinski definition) is 1. The molecule has 0 fully saturated rings. The summed E-state index contributed by atoms with van der Waals surface area (Å²) in [6.07, 6.45) is 1.47. The minimum absolute atomic E-state index is 0.353. The molecule has 0 radical (unpaired) electrons. The van der Waals surface area contributed by atoms with Crippen LogP contribution in [-0.2, 0) is 0 Å². The van der Waals surface area contributed by atoms with E-state index < -0.39 is 11.6 Å². The lowest BCUT2D eigenvalue weighted by atomic mass is 10.1. The van der Waals surface area contributed by atoms with Gasteiger partial charge in [0.25, 0.3) is 5.95 Å². The van der Waals surface area contributed by atoms with E-state index in [1.165, 1.54) is 6.21 Å². The van der Waals surface area contributed by atoms with Crippen LogP contribution in [0.2, 0.25) is 0 Å². The third-order valence-corrected chi connectivity index (χ3v) is 3.35. The summed E-state index contributed by atoms with van der Waals surface area (Å²) in [5, 5.41) is 10.9. The zero-order chi connectivity index (χ0) is 16.2. The summed E-state index contributed by atoms with van der Waals surface area (Å²) in [4.78, 5) is 16.1. The van der Waals surface area contributed by atoms with Crippen LogP contribution < -0.4 is 10.4 Å². The van der Waals surface area contributed by atoms with Crippen molar-refractivity contribution in [1.82, 2.24) is 0 Å². The molecule has 5 nitrogen and oxygen atoms in total. The fourth-order valence-corrected chi connectivity index (χ4v) is 2.31. The van der Waals surface area contributed by atoms with E-state index in [0.29, 0.717) is 34.4 Å². The maximum atomic E-state index is 11.8. The van der Waals surface area contributed by atoms with Crippen LogP contribution in [0.1, 0.15) is 12.5 Å². The molecule has 0 aliphatic carbocycles. The molecule has 0 spiro atoms. The molecule has 3 rings (SSSR count). The molecule has 0 unspecified atom stereocenters. The van der Waals surface area contributed by atoms with Gasteiger partial charge in [-0.25, -0.2) is 4.79 Å². The van der Waals surface area contributed by atoms with Gasteiger partial charge in [-0.1, -0.05) is 30.3 Å². The number of ether oxygens (including phenoxy) is 1. The summed E-state index contributed by atoms with van der Waals surface area (Å²) in [5.41, 5.74) is 0.403. The Morgan fingerprint density at radius 2 is 1.83 bits per heavy atom. The van der Waals surface area contributed by atoms with Gasteiger partial charge in [-0.2, -0.15) is 0 Å². The molecule has 1 N–H and O–H groups in total. The molecule has 2 aromatic carbocycles. The second kappa shape index (κ2) is 6.36. The SMILES string of the molecule is CCOc1ccccc1N=Cc1c(O)oc(=O)c2ccccc12. The van der Waals surface area contributed by atoms with Gasteiger partial charge in [0.15, 0.2) is 0 Å². The number of aromatic hydroxyl groups is 1. The van der Waals surface area contributed by atoms with Gasteiger partial charge < -0.3 is 14.3 Å². The second-order valence-electron chi connectivity index (χ2n) is 4.81. The van der Waals surface area contributed by atoms with Gasteiger partial charge >= 0.3 is 5.63 Å². The number of para-hydroxylation sites is 2. The van der Waals surface area contributed by atoms with E-state index in [1.807, 2.05) is 25.1 Å². The Hall–Kier alpha value is -3.08. The van der Waals surface area contributed by atoms with Gasteiger partial charge in [-0.05, 0) is 25.1 Å². The van der Waals surface area contributed by atoms with E-state index in [2.05, 4.69) is 4.99 Å². The Morgan fingerprint density at radius 1 is 1.13 bits per heavy atom. The second-order valence-corrected chi connectivity index (χ2v) is 4.81. The first-order valence-electron chi connectivity index (χ1n) is 7.21. The summed E-state index contributed by atoms with van der Waals surface area (Å²) in [5.74, 6) is 0.193. The molecule has 0 saturated carbocycles. The monoisotopic (exact) mass is 309 g/mol. The predicted molar refractivity (Wildman–Crippen MR) is 89.0 cm³/mol. The molecule has 0 amide bonds. The summed E-state index contributed by atoms with van der Waals surface area (Å²) in [7, 11) is 0. The zero-order valence-electron chi connectivity index (χ0n) is 12.5. The molecule has 5 heteroatoms. The van der Waals surface area contributed by atoms with Crippen molar-refractivity contribution < 1.29 is 14.3 Å². The van der Waals surface area contributed by atoms with Crippen LogP contribution >= 0.6 is 0 Å². The van der Waals surface area contributed by atoms with Crippen LogP contribution in [0.3, 0.4) is 0 Å². The van der Waals surface area contributed by atoms with Crippen molar-refractivity contribution in [2.24, 2.45) is 4.99 Å². The molecule has 0 bridgehead atoms. The van der Waals surface area contributed by atoms with Crippen LogP contribution in [0.5, 0.6) is 11.7 Å². The largest absolute Gasteiger partial charge is 0.492 e. The van der Waals surface area contributed by atoms with Crippen molar-refractivity contribution >= 4 is 22.7 Å². The molecule has 116 valence electrons. The lowest BCUT2D eigenvalue weighted by Crippen LogP contribution is -2.01. The third kappa shape index (κ3) is 2.94. The van der Waals surface area contributed by atoms with Crippen molar-refractivity contribution in [3.8, 4) is 11.7 Å². The third-order valence-electron chi connectivity index (χ3n) is 3.35. The first-order valence-corrected chi connectivity index (χ1v) is 7.21. The first-order chi connectivity index (χ1) is 11.2. The smallest absolute Gasteiger partial charge is 0.346 e. The number of hydrogen-bond acceptors (Lipinski definition) is 5. The van der Waals surface area contributed by atoms with Crippen molar-refractivity contribution in [2.45, 2.75) is 6.92 Å². The topological polar surface area (TPSA) is 72.0 Å². The predicted octanol–water partition coefficient (Wildman–Crippen LogP) is 3.65. The quantitative estimate of drug-likeness (QED) is 0.747. The minimum atomic E-state index is -0.579.